The van der Waals surface area contributed by atoms with E-state index in [4.69, 9.17) is 0 Å². The highest BCUT2D eigenvalue weighted by Gasteiger charge is 2.21. The van der Waals surface area contributed by atoms with Crippen LogP contribution in [0.3, 0.4) is 0 Å². The van der Waals surface area contributed by atoms with Gasteiger partial charge in [-0.25, -0.2) is 4.98 Å². The van der Waals surface area contributed by atoms with Crippen LogP contribution in [0.1, 0.15) is 44.9 Å². The smallest absolute Gasteiger partial charge is 0.272 e. The number of nitrogens with one attached hydrogen (secondary N) is 1. The lowest BCUT2D eigenvalue weighted by atomic mass is 10.1. The number of hydrogen-bond acceptors (Lipinski definition) is 3. The Labute approximate surface area is 141 Å². The monoisotopic (exact) mass is 323 g/mol. The Morgan fingerprint density at radius 3 is 2.50 bits per heavy atom. The third-order valence-electron chi connectivity index (χ3n) is 4.29. The molecule has 2 heterocycles. The van der Waals surface area contributed by atoms with Crippen molar-refractivity contribution >= 4 is 11.8 Å². The van der Waals surface area contributed by atoms with E-state index in [2.05, 4.69) is 10.3 Å². The van der Waals surface area contributed by atoms with E-state index >= 15 is 0 Å². The van der Waals surface area contributed by atoms with Gasteiger partial charge < -0.3 is 10.2 Å². The summed E-state index contributed by atoms with van der Waals surface area (Å²) >= 11 is 0. The zero-order chi connectivity index (χ0) is 16.9. The molecule has 0 spiro atoms. The highest BCUT2D eigenvalue weighted by molar-refractivity contribution is 5.96. The molecule has 0 radical (unpaired) electrons. The fraction of sp³-hybridized carbons (Fsp3) is 0.316. The third kappa shape index (κ3) is 3.62. The van der Waals surface area contributed by atoms with Gasteiger partial charge in [0.05, 0.1) is 0 Å². The molecule has 5 nitrogen and oxygen atoms in total. The van der Waals surface area contributed by atoms with E-state index in [1.807, 2.05) is 31.2 Å². The Balaban J connectivity index is 1.68. The fourth-order valence-electron chi connectivity index (χ4n) is 2.84. The molecule has 1 N–H and O–H groups in total. The van der Waals surface area contributed by atoms with E-state index < -0.39 is 0 Å². The lowest BCUT2D eigenvalue weighted by Gasteiger charge is -2.14. The van der Waals surface area contributed by atoms with Gasteiger partial charge in [-0.2, -0.15) is 0 Å². The van der Waals surface area contributed by atoms with Crippen LogP contribution < -0.4 is 5.32 Å². The highest BCUT2D eigenvalue weighted by atomic mass is 16.2. The molecule has 2 amide bonds. The lowest BCUT2D eigenvalue weighted by Crippen LogP contribution is -2.30. The second kappa shape index (κ2) is 7.25. The first-order chi connectivity index (χ1) is 11.6. The number of amides is 2. The van der Waals surface area contributed by atoms with Gasteiger partial charge in [-0.05, 0) is 43.0 Å². The Hall–Kier alpha value is -2.69. The van der Waals surface area contributed by atoms with Gasteiger partial charge >= 0.3 is 0 Å². The molecule has 0 bridgehead atoms. The second-order valence-corrected chi connectivity index (χ2v) is 6.02. The number of rotatable bonds is 4. The van der Waals surface area contributed by atoms with Gasteiger partial charge in [0, 0.05) is 19.6 Å². The van der Waals surface area contributed by atoms with Gasteiger partial charge in [-0.3, -0.25) is 9.59 Å². The van der Waals surface area contributed by atoms with Crippen molar-refractivity contribution in [1.29, 1.82) is 0 Å². The average Bonchev–Trinajstić information content (AvgIpc) is 3.15. The summed E-state index contributed by atoms with van der Waals surface area (Å²) in [6.07, 6.45) is 2.06. The van der Waals surface area contributed by atoms with Crippen LogP contribution in [0.15, 0.2) is 42.5 Å². The minimum absolute atomic E-state index is 0.0962. The van der Waals surface area contributed by atoms with Gasteiger partial charge in [0.2, 0.25) is 0 Å². The van der Waals surface area contributed by atoms with Crippen molar-refractivity contribution < 1.29 is 9.59 Å². The molecule has 0 aliphatic carbocycles. The summed E-state index contributed by atoms with van der Waals surface area (Å²) in [4.78, 5) is 30.7. The summed E-state index contributed by atoms with van der Waals surface area (Å²) in [5.74, 6) is -0.365. The number of carbonyl (C=O) groups excluding carboxylic acids is 2. The Morgan fingerprint density at radius 1 is 1.04 bits per heavy atom. The Morgan fingerprint density at radius 2 is 1.75 bits per heavy atom. The van der Waals surface area contributed by atoms with Crippen LogP contribution >= 0.6 is 0 Å². The first kappa shape index (κ1) is 16.2. The maximum absolute atomic E-state index is 12.4. The molecular formula is C19H21N3O2. The normalized spacial score (nSPS) is 13.8. The van der Waals surface area contributed by atoms with Crippen molar-refractivity contribution in [3.63, 3.8) is 0 Å². The first-order valence-corrected chi connectivity index (χ1v) is 8.24. The van der Waals surface area contributed by atoms with Gasteiger partial charge in [0.15, 0.2) is 0 Å². The maximum Gasteiger partial charge on any atom is 0.272 e. The van der Waals surface area contributed by atoms with E-state index in [9.17, 15) is 9.59 Å². The number of aromatic nitrogens is 1. The summed E-state index contributed by atoms with van der Waals surface area (Å²) in [6.45, 7) is 3.99. The highest BCUT2D eigenvalue weighted by Crippen LogP contribution is 2.12. The summed E-state index contributed by atoms with van der Waals surface area (Å²) < 4.78 is 0. The molecule has 1 aliphatic rings. The molecule has 0 saturated carbocycles. The number of benzene rings is 1. The van der Waals surface area contributed by atoms with Crippen molar-refractivity contribution in [3.05, 3.63) is 65.0 Å². The van der Waals surface area contributed by atoms with E-state index in [0.717, 1.165) is 37.1 Å². The van der Waals surface area contributed by atoms with Gasteiger partial charge in [0.1, 0.15) is 11.4 Å². The maximum atomic E-state index is 12.4. The standard InChI is InChI=1S/C19H21N3O2/c1-14-7-2-3-8-15(14)13-20-18(23)16-9-6-10-17(21-16)19(24)22-11-4-5-12-22/h2-3,6-10H,4-5,11-13H2,1H3,(H,20,23). The second-order valence-electron chi connectivity index (χ2n) is 6.02. The summed E-state index contributed by atoms with van der Waals surface area (Å²) in [5.41, 5.74) is 2.80. The topological polar surface area (TPSA) is 62.3 Å². The number of likely N-dealkylation sites (tertiary alicyclic amines) is 1. The average molecular weight is 323 g/mol. The van der Waals surface area contributed by atoms with Crippen LogP contribution in [0.4, 0.5) is 0 Å². The zero-order valence-electron chi connectivity index (χ0n) is 13.8. The number of pyridine rings is 1. The van der Waals surface area contributed by atoms with Crippen LogP contribution in [0.25, 0.3) is 0 Å². The minimum atomic E-state index is -0.269. The number of hydrogen-bond donors (Lipinski definition) is 1. The molecule has 5 heteroatoms. The van der Waals surface area contributed by atoms with Crippen molar-refractivity contribution in [2.24, 2.45) is 0 Å². The fourth-order valence-corrected chi connectivity index (χ4v) is 2.84. The lowest BCUT2D eigenvalue weighted by molar-refractivity contribution is 0.0787. The van der Waals surface area contributed by atoms with Crippen LogP contribution in [0.2, 0.25) is 0 Å². The van der Waals surface area contributed by atoms with Crippen LogP contribution in [0, 0.1) is 6.92 Å². The minimum Gasteiger partial charge on any atom is -0.347 e. The predicted molar refractivity (Wildman–Crippen MR) is 91.7 cm³/mol. The van der Waals surface area contributed by atoms with Crippen molar-refractivity contribution in [1.82, 2.24) is 15.2 Å². The van der Waals surface area contributed by atoms with Crippen molar-refractivity contribution in [2.45, 2.75) is 26.3 Å². The van der Waals surface area contributed by atoms with Crippen LogP contribution in [0.5, 0.6) is 0 Å². The van der Waals surface area contributed by atoms with E-state index in [1.54, 1.807) is 23.1 Å². The number of aryl methyl sites for hydroxylation is 1. The van der Waals surface area contributed by atoms with Crippen LogP contribution in [-0.4, -0.2) is 34.8 Å². The number of nitrogens with zero attached hydrogens (tertiary/aromatic N) is 2. The zero-order valence-corrected chi connectivity index (χ0v) is 13.8. The van der Waals surface area contributed by atoms with Crippen molar-refractivity contribution in [2.75, 3.05) is 13.1 Å². The summed E-state index contributed by atoms with van der Waals surface area (Å²) in [7, 11) is 0. The SMILES string of the molecule is Cc1ccccc1CNC(=O)c1cccc(C(=O)N2CCCC2)n1. The van der Waals surface area contributed by atoms with E-state index in [-0.39, 0.29) is 17.5 Å². The molecule has 0 unspecified atom stereocenters. The Kier molecular flexibility index (Phi) is 4.89. The molecule has 1 aromatic heterocycles. The third-order valence-corrected chi connectivity index (χ3v) is 4.29. The molecule has 1 aromatic carbocycles. The molecule has 124 valence electrons. The van der Waals surface area contributed by atoms with E-state index in [1.165, 1.54) is 0 Å². The Bertz CT molecular complexity index is 752. The van der Waals surface area contributed by atoms with Gasteiger partial charge in [-0.15, -0.1) is 0 Å². The van der Waals surface area contributed by atoms with Crippen LogP contribution in [-0.2, 0) is 6.54 Å². The summed E-state index contributed by atoms with van der Waals surface area (Å²) in [5, 5.41) is 2.87. The van der Waals surface area contributed by atoms with Gasteiger partial charge in [-0.1, -0.05) is 30.3 Å². The molecule has 3 rings (SSSR count). The molecule has 0 atom stereocenters. The first-order valence-electron chi connectivity index (χ1n) is 8.24. The molecule has 1 saturated heterocycles. The van der Waals surface area contributed by atoms with E-state index in [0.29, 0.717) is 12.2 Å². The molecule has 1 aliphatic heterocycles. The molecular weight excluding hydrogens is 302 g/mol. The van der Waals surface area contributed by atoms with Crippen molar-refractivity contribution in [3.8, 4) is 0 Å². The molecule has 1 fully saturated rings. The number of carbonyl (C=O) groups is 2. The largest absolute Gasteiger partial charge is 0.347 e. The van der Waals surface area contributed by atoms with Gasteiger partial charge in [0.25, 0.3) is 11.8 Å². The predicted octanol–water partition coefficient (Wildman–Crippen LogP) is 2.56. The summed E-state index contributed by atoms with van der Waals surface area (Å²) in [6, 6.07) is 12.9. The molecule has 24 heavy (non-hydrogen) atoms. The molecule has 2 aromatic rings. The quantitative estimate of drug-likeness (QED) is 0.940.